The zero-order valence-electron chi connectivity index (χ0n) is 10.5. The minimum Gasteiger partial charge on any atom is -0.494 e. The van der Waals surface area contributed by atoms with Gasteiger partial charge in [-0.1, -0.05) is 6.07 Å². The topological polar surface area (TPSA) is 29.9 Å². The quantitative estimate of drug-likeness (QED) is 0.509. The highest BCUT2D eigenvalue weighted by Gasteiger charge is 2.12. The highest BCUT2D eigenvalue weighted by Crippen LogP contribution is 2.28. The van der Waals surface area contributed by atoms with Crippen LogP contribution >= 0.6 is 34.8 Å². The van der Waals surface area contributed by atoms with Crippen molar-refractivity contribution in [1.29, 1.82) is 0 Å². The Labute approximate surface area is 133 Å². The summed E-state index contributed by atoms with van der Waals surface area (Å²) < 4.78 is 21.8. The fourth-order valence-electron chi connectivity index (χ4n) is 2.18. The molecule has 0 aliphatic heterocycles. The molecular weight excluding hydrogens is 390 g/mol. The van der Waals surface area contributed by atoms with Gasteiger partial charge in [-0.25, -0.2) is 4.39 Å². The van der Waals surface area contributed by atoms with Crippen molar-refractivity contribution in [2.24, 2.45) is 0 Å². The van der Waals surface area contributed by atoms with Gasteiger partial charge in [0.2, 0.25) is 0 Å². The van der Waals surface area contributed by atoms with Gasteiger partial charge in [0.05, 0.1) is 18.3 Å². The molecule has 0 atom stereocenters. The maximum absolute atomic E-state index is 13.3. The Balaban J connectivity index is 2.37. The van der Waals surface area contributed by atoms with Crippen LogP contribution in [0.1, 0.15) is 0 Å². The number of halogens is 2. The number of methoxy groups -OCH3 is 1. The zero-order valence-corrected chi connectivity index (χ0v) is 13.5. The van der Waals surface area contributed by atoms with E-state index in [1.54, 1.807) is 13.2 Å². The second kappa shape index (κ2) is 5.17. The third-order valence-corrected chi connectivity index (χ3v) is 4.20. The van der Waals surface area contributed by atoms with Crippen LogP contribution < -0.4 is 4.74 Å². The van der Waals surface area contributed by atoms with Crippen molar-refractivity contribution in [1.82, 2.24) is 9.55 Å². The molecule has 0 saturated carbocycles. The van der Waals surface area contributed by atoms with Gasteiger partial charge in [-0.2, -0.15) is 0 Å². The molecule has 3 nitrogen and oxygen atoms in total. The summed E-state index contributed by atoms with van der Waals surface area (Å²) in [7, 11) is 1.62. The molecule has 0 saturated heterocycles. The SMILES string of the molecule is COc1cccc2c1[nH]c(=S)n2-c1ccc(F)cc1I. The van der Waals surface area contributed by atoms with Crippen molar-refractivity contribution in [2.75, 3.05) is 7.11 Å². The van der Waals surface area contributed by atoms with E-state index in [1.807, 2.05) is 22.8 Å². The molecule has 1 aromatic heterocycles. The van der Waals surface area contributed by atoms with Gasteiger partial charge >= 0.3 is 0 Å². The Bertz CT molecular complexity index is 856. The van der Waals surface area contributed by atoms with Gasteiger partial charge in [-0.15, -0.1) is 0 Å². The monoisotopic (exact) mass is 400 g/mol. The third-order valence-electron chi connectivity index (χ3n) is 3.05. The van der Waals surface area contributed by atoms with E-state index in [4.69, 9.17) is 17.0 Å². The molecule has 0 aliphatic rings. The normalized spacial score (nSPS) is 10.9. The van der Waals surface area contributed by atoms with Gasteiger partial charge in [0.25, 0.3) is 0 Å². The number of rotatable bonds is 2. The molecule has 6 heteroatoms. The predicted molar refractivity (Wildman–Crippen MR) is 87.7 cm³/mol. The van der Waals surface area contributed by atoms with Crippen LogP contribution in [0.2, 0.25) is 0 Å². The number of H-pyrrole nitrogens is 1. The van der Waals surface area contributed by atoms with E-state index in [-0.39, 0.29) is 5.82 Å². The number of ether oxygens (including phenoxy) is 1. The summed E-state index contributed by atoms with van der Waals surface area (Å²) in [5, 5.41) is 0. The first-order chi connectivity index (χ1) is 9.61. The summed E-state index contributed by atoms with van der Waals surface area (Å²) in [6.07, 6.45) is 0. The van der Waals surface area contributed by atoms with Crippen LogP contribution in [-0.2, 0) is 0 Å². The third kappa shape index (κ3) is 2.12. The molecule has 102 valence electrons. The largest absolute Gasteiger partial charge is 0.494 e. The number of benzene rings is 2. The number of hydrogen-bond donors (Lipinski definition) is 1. The van der Waals surface area contributed by atoms with Crippen molar-refractivity contribution in [3.05, 3.63) is 50.6 Å². The number of aromatic amines is 1. The molecule has 0 spiro atoms. The highest BCUT2D eigenvalue weighted by atomic mass is 127. The number of para-hydroxylation sites is 1. The first kappa shape index (κ1) is 13.6. The minimum atomic E-state index is -0.262. The predicted octanol–water partition coefficient (Wildman–Crippen LogP) is 4.44. The van der Waals surface area contributed by atoms with Crippen LogP contribution in [0.3, 0.4) is 0 Å². The Morgan fingerprint density at radius 2 is 2.10 bits per heavy atom. The molecule has 0 fully saturated rings. The second-order valence-corrected chi connectivity index (χ2v) is 5.76. The summed E-state index contributed by atoms with van der Waals surface area (Å²) in [5.74, 6) is 0.464. The summed E-state index contributed by atoms with van der Waals surface area (Å²) in [6, 6.07) is 10.3. The number of nitrogens with one attached hydrogen (secondary N) is 1. The molecule has 1 N–H and O–H groups in total. The molecule has 0 radical (unpaired) electrons. The second-order valence-electron chi connectivity index (χ2n) is 4.22. The standard InChI is InChI=1S/C14H10FIN2OS/c1-19-12-4-2-3-11-13(12)17-14(20)18(11)10-6-5-8(15)7-9(10)16/h2-7H,1H3,(H,17,20). The van der Waals surface area contributed by atoms with Crippen LogP contribution in [-0.4, -0.2) is 16.7 Å². The molecule has 0 unspecified atom stereocenters. The van der Waals surface area contributed by atoms with Crippen molar-refractivity contribution in [3.63, 3.8) is 0 Å². The van der Waals surface area contributed by atoms with Crippen molar-refractivity contribution in [2.45, 2.75) is 0 Å². The number of aromatic nitrogens is 2. The zero-order chi connectivity index (χ0) is 14.3. The van der Waals surface area contributed by atoms with Gasteiger partial charge in [0, 0.05) is 3.57 Å². The van der Waals surface area contributed by atoms with E-state index >= 15 is 0 Å². The summed E-state index contributed by atoms with van der Waals surface area (Å²) >= 11 is 7.49. The van der Waals surface area contributed by atoms with Crippen LogP contribution in [0.4, 0.5) is 4.39 Å². The summed E-state index contributed by atoms with van der Waals surface area (Å²) in [5.41, 5.74) is 2.58. The lowest BCUT2D eigenvalue weighted by Crippen LogP contribution is -1.97. The summed E-state index contributed by atoms with van der Waals surface area (Å²) in [4.78, 5) is 3.14. The maximum Gasteiger partial charge on any atom is 0.182 e. The van der Waals surface area contributed by atoms with Gasteiger partial charge in [0.1, 0.15) is 17.1 Å². The molecular formula is C14H10FIN2OS. The highest BCUT2D eigenvalue weighted by molar-refractivity contribution is 14.1. The van der Waals surface area contributed by atoms with E-state index < -0.39 is 0 Å². The fourth-order valence-corrected chi connectivity index (χ4v) is 3.19. The van der Waals surface area contributed by atoms with Gasteiger partial charge in [-0.3, -0.25) is 4.57 Å². The Kier molecular flexibility index (Phi) is 3.51. The molecule has 3 rings (SSSR count). The van der Waals surface area contributed by atoms with Crippen molar-refractivity contribution in [3.8, 4) is 11.4 Å². The molecule has 2 aromatic carbocycles. The minimum absolute atomic E-state index is 0.262. The van der Waals surface area contributed by atoms with Crippen LogP contribution in [0.25, 0.3) is 16.7 Å². The lowest BCUT2D eigenvalue weighted by atomic mass is 10.2. The van der Waals surface area contributed by atoms with Crippen LogP contribution in [0.5, 0.6) is 5.75 Å². The van der Waals surface area contributed by atoms with E-state index in [2.05, 4.69) is 27.6 Å². The average molecular weight is 400 g/mol. The molecule has 1 heterocycles. The van der Waals surface area contributed by atoms with Crippen molar-refractivity contribution < 1.29 is 9.13 Å². The lowest BCUT2D eigenvalue weighted by Gasteiger charge is -2.08. The van der Waals surface area contributed by atoms with E-state index in [9.17, 15) is 4.39 Å². The maximum atomic E-state index is 13.3. The smallest absolute Gasteiger partial charge is 0.182 e. The molecule has 3 aromatic rings. The van der Waals surface area contributed by atoms with E-state index in [0.29, 0.717) is 4.77 Å². The molecule has 0 aliphatic carbocycles. The molecule has 0 amide bonds. The first-order valence-electron chi connectivity index (χ1n) is 5.85. The van der Waals surface area contributed by atoms with Gasteiger partial charge in [0.15, 0.2) is 4.77 Å². The Morgan fingerprint density at radius 1 is 1.30 bits per heavy atom. The van der Waals surface area contributed by atoms with E-state index in [0.717, 1.165) is 26.0 Å². The Morgan fingerprint density at radius 3 is 2.80 bits per heavy atom. The lowest BCUT2D eigenvalue weighted by molar-refractivity contribution is 0.419. The number of fused-ring (bicyclic) bond motifs is 1. The fraction of sp³-hybridized carbons (Fsp3) is 0.0714. The van der Waals surface area contributed by atoms with Crippen molar-refractivity contribution >= 4 is 45.8 Å². The average Bonchev–Trinajstić information content (AvgIpc) is 2.75. The van der Waals surface area contributed by atoms with E-state index in [1.165, 1.54) is 12.1 Å². The van der Waals surface area contributed by atoms with Crippen LogP contribution in [0, 0.1) is 14.2 Å². The van der Waals surface area contributed by atoms with Gasteiger partial charge < -0.3 is 9.72 Å². The number of hydrogen-bond acceptors (Lipinski definition) is 2. The Hall–Kier alpha value is -1.41. The number of imidazole rings is 1. The first-order valence-corrected chi connectivity index (χ1v) is 7.33. The van der Waals surface area contributed by atoms with Crippen LogP contribution in [0.15, 0.2) is 36.4 Å². The number of nitrogens with zero attached hydrogens (tertiary/aromatic N) is 1. The summed E-state index contributed by atoms with van der Waals surface area (Å²) in [6.45, 7) is 0. The molecule has 0 bridgehead atoms. The van der Waals surface area contributed by atoms with Gasteiger partial charge in [-0.05, 0) is 65.1 Å². The molecule has 20 heavy (non-hydrogen) atoms.